The lowest BCUT2D eigenvalue weighted by Crippen LogP contribution is -2.40. The van der Waals surface area contributed by atoms with E-state index in [1.54, 1.807) is 0 Å². The molecule has 0 aromatic rings. The summed E-state index contributed by atoms with van der Waals surface area (Å²) >= 11 is 0. The summed E-state index contributed by atoms with van der Waals surface area (Å²) in [6, 6.07) is 0. The summed E-state index contributed by atoms with van der Waals surface area (Å²) in [5.74, 6) is 0. The lowest BCUT2D eigenvalue weighted by atomic mass is 10.3. The van der Waals surface area contributed by atoms with Crippen LogP contribution in [0.1, 0.15) is 13.3 Å². The van der Waals surface area contributed by atoms with E-state index >= 15 is 0 Å². The van der Waals surface area contributed by atoms with Gasteiger partial charge in [-0.1, -0.05) is 4.57 Å². The van der Waals surface area contributed by atoms with Crippen molar-refractivity contribution in [2.75, 3.05) is 40.5 Å². The maximum absolute atomic E-state index is 11.3. The molecule has 1 atom stereocenters. The van der Waals surface area contributed by atoms with E-state index in [9.17, 15) is 4.57 Å². The third kappa shape index (κ3) is 5.35. The highest BCUT2D eigenvalue weighted by molar-refractivity contribution is 7.44. The van der Waals surface area contributed by atoms with E-state index in [0.29, 0.717) is 6.17 Å². The highest BCUT2D eigenvalue weighted by Crippen LogP contribution is 2.22. The molecule has 78 valence electrons. The maximum atomic E-state index is 11.3. The fourth-order valence-electron chi connectivity index (χ4n) is 1.40. The van der Waals surface area contributed by atoms with Gasteiger partial charge in [-0.25, -0.2) is 0 Å². The summed E-state index contributed by atoms with van der Waals surface area (Å²) in [5.41, 5.74) is 0. The zero-order valence-corrected chi connectivity index (χ0v) is 10.3. The Labute approximate surface area is 82.9 Å². The first-order valence-corrected chi connectivity index (χ1v) is 6.37. The van der Waals surface area contributed by atoms with Gasteiger partial charge in [0.15, 0.2) is 0 Å². The highest BCUT2D eigenvalue weighted by atomic mass is 31.1. The summed E-state index contributed by atoms with van der Waals surface area (Å²) in [6.07, 6.45) is 3.05. The zero-order valence-electron chi connectivity index (χ0n) is 9.45. The second kappa shape index (κ2) is 6.47. The lowest BCUT2D eigenvalue weighted by molar-refractivity contribution is 0.126. The van der Waals surface area contributed by atoms with Crippen molar-refractivity contribution in [2.24, 2.45) is 0 Å². The van der Waals surface area contributed by atoms with Crippen molar-refractivity contribution < 1.29 is 4.57 Å². The quantitative estimate of drug-likeness (QED) is 0.487. The summed E-state index contributed by atoms with van der Waals surface area (Å²) in [4.78, 5) is 4.33. The van der Waals surface area contributed by atoms with E-state index in [0.717, 1.165) is 18.7 Å². The monoisotopic (exact) mass is 205 g/mol. The van der Waals surface area contributed by atoms with Crippen LogP contribution in [0.2, 0.25) is 0 Å². The predicted octanol–water partition coefficient (Wildman–Crippen LogP) is 1.67. The van der Waals surface area contributed by atoms with Crippen LogP contribution in [0.4, 0.5) is 0 Å². The van der Waals surface area contributed by atoms with Crippen LogP contribution in [-0.4, -0.2) is 56.5 Å². The molecule has 1 unspecified atom stereocenters. The van der Waals surface area contributed by atoms with Gasteiger partial charge in [-0.05, 0) is 35.1 Å². The molecule has 0 aromatic carbocycles. The average molecular weight is 205 g/mol. The van der Waals surface area contributed by atoms with Crippen LogP contribution in [0.5, 0.6) is 0 Å². The van der Waals surface area contributed by atoms with Crippen molar-refractivity contribution in [1.29, 1.82) is 0 Å². The van der Waals surface area contributed by atoms with Crippen LogP contribution in [0, 0.1) is 0 Å². The Morgan fingerprint density at radius 1 is 1.15 bits per heavy atom. The van der Waals surface area contributed by atoms with Gasteiger partial charge in [0, 0.05) is 6.42 Å². The molecule has 0 aliphatic heterocycles. The Kier molecular flexibility index (Phi) is 6.48. The van der Waals surface area contributed by atoms with Crippen LogP contribution >= 0.6 is 7.80 Å². The van der Waals surface area contributed by atoms with Gasteiger partial charge < -0.3 is 0 Å². The van der Waals surface area contributed by atoms with Crippen molar-refractivity contribution in [1.82, 2.24) is 9.80 Å². The van der Waals surface area contributed by atoms with Crippen LogP contribution in [-0.2, 0) is 4.57 Å². The summed E-state index contributed by atoms with van der Waals surface area (Å²) in [7, 11) is 7.27. The van der Waals surface area contributed by atoms with Gasteiger partial charge >= 0.3 is 7.80 Å². The molecule has 0 aliphatic carbocycles. The molecule has 0 fully saturated rings. The second-order valence-corrected chi connectivity index (χ2v) is 5.76. The molecule has 4 heteroatoms. The Morgan fingerprint density at radius 3 is 1.92 bits per heavy atom. The SMILES string of the molecule is CC[P+](=O)CCC(N(C)C)N(C)C. The van der Waals surface area contributed by atoms with Crippen molar-refractivity contribution in [3.05, 3.63) is 0 Å². The lowest BCUT2D eigenvalue weighted by Gasteiger charge is -2.29. The first-order valence-electron chi connectivity index (χ1n) is 4.74. The fraction of sp³-hybridized carbons (Fsp3) is 1.00. The van der Waals surface area contributed by atoms with Crippen molar-refractivity contribution in [3.63, 3.8) is 0 Å². The van der Waals surface area contributed by atoms with E-state index in [2.05, 4.69) is 38.0 Å². The minimum atomic E-state index is -0.964. The van der Waals surface area contributed by atoms with E-state index in [4.69, 9.17) is 0 Å². The molecule has 0 rings (SSSR count). The van der Waals surface area contributed by atoms with E-state index < -0.39 is 7.80 Å². The Balaban J connectivity index is 3.90. The molecule has 0 heterocycles. The normalized spacial score (nSPS) is 13.1. The van der Waals surface area contributed by atoms with Gasteiger partial charge in [-0.3, -0.25) is 9.80 Å². The largest absolute Gasteiger partial charge is 0.338 e. The Hall–Kier alpha value is 0.0200. The van der Waals surface area contributed by atoms with Crippen LogP contribution < -0.4 is 0 Å². The van der Waals surface area contributed by atoms with Crippen LogP contribution in [0.3, 0.4) is 0 Å². The molecule has 0 radical (unpaired) electrons. The summed E-state index contributed by atoms with van der Waals surface area (Å²) < 4.78 is 11.3. The first kappa shape index (κ1) is 13.0. The number of hydrogen-bond donors (Lipinski definition) is 0. The molecule has 13 heavy (non-hydrogen) atoms. The van der Waals surface area contributed by atoms with Gasteiger partial charge in [-0.2, -0.15) is 0 Å². The number of rotatable bonds is 6. The minimum Gasteiger partial charge on any atom is -0.294 e. The number of hydrogen-bond acceptors (Lipinski definition) is 3. The maximum Gasteiger partial charge on any atom is 0.338 e. The summed E-state index contributed by atoms with van der Waals surface area (Å²) in [6.45, 7) is 1.99. The van der Waals surface area contributed by atoms with E-state index in [1.165, 1.54) is 0 Å². The molecule has 0 saturated carbocycles. The van der Waals surface area contributed by atoms with Gasteiger partial charge in [0.1, 0.15) is 12.3 Å². The van der Waals surface area contributed by atoms with Gasteiger partial charge in [-0.15, -0.1) is 0 Å². The highest BCUT2D eigenvalue weighted by Gasteiger charge is 2.19. The van der Waals surface area contributed by atoms with Crippen LogP contribution in [0.25, 0.3) is 0 Å². The van der Waals surface area contributed by atoms with E-state index in [1.807, 2.05) is 6.92 Å². The summed E-state index contributed by atoms with van der Waals surface area (Å²) in [5, 5.41) is 0. The topological polar surface area (TPSA) is 23.6 Å². The fourth-order valence-corrected chi connectivity index (χ4v) is 2.23. The second-order valence-electron chi connectivity index (χ2n) is 3.72. The molecule has 0 amide bonds. The third-order valence-corrected chi connectivity index (χ3v) is 3.64. The predicted molar refractivity (Wildman–Crippen MR) is 58.8 cm³/mol. The molecule has 0 N–H and O–H groups in total. The molecule has 0 aliphatic rings. The van der Waals surface area contributed by atoms with Crippen molar-refractivity contribution in [2.45, 2.75) is 19.5 Å². The molecule has 0 saturated heterocycles. The Bertz CT molecular complexity index is 152. The number of nitrogens with zero attached hydrogens (tertiary/aromatic N) is 2. The standard InChI is InChI=1S/C9H22N2OP/c1-6-13(12)8-7-9(10(2)3)11(4)5/h9H,6-8H2,1-5H3/q+1. The molecule has 0 aromatic heterocycles. The van der Waals surface area contributed by atoms with Crippen molar-refractivity contribution in [3.8, 4) is 0 Å². The molecule has 3 nitrogen and oxygen atoms in total. The minimum absolute atomic E-state index is 0.408. The van der Waals surface area contributed by atoms with Gasteiger partial charge in [0.2, 0.25) is 0 Å². The van der Waals surface area contributed by atoms with E-state index in [-0.39, 0.29) is 0 Å². The third-order valence-electron chi connectivity index (χ3n) is 2.18. The molecule has 0 bridgehead atoms. The molecular formula is C9H22N2OP+. The molecule has 0 spiro atoms. The van der Waals surface area contributed by atoms with Crippen LogP contribution in [0.15, 0.2) is 0 Å². The first-order chi connectivity index (χ1) is 5.99. The Morgan fingerprint density at radius 2 is 1.62 bits per heavy atom. The van der Waals surface area contributed by atoms with Gasteiger partial charge in [0.05, 0.1) is 6.17 Å². The zero-order chi connectivity index (χ0) is 10.4. The smallest absolute Gasteiger partial charge is 0.294 e. The molecular weight excluding hydrogens is 183 g/mol. The average Bonchev–Trinajstić information content (AvgIpc) is 2.03. The van der Waals surface area contributed by atoms with Gasteiger partial charge in [0.25, 0.3) is 0 Å². The van der Waals surface area contributed by atoms with Crippen molar-refractivity contribution >= 4 is 7.80 Å².